The number of H-pyrrole nitrogens is 1. The summed E-state index contributed by atoms with van der Waals surface area (Å²) < 4.78 is 5.23. The van der Waals surface area contributed by atoms with Crippen LogP contribution in [-0.2, 0) is 9.53 Å². The number of aromatic nitrogens is 2. The van der Waals surface area contributed by atoms with Crippen molar-refractivity contribution in [3.63, 3.8) is 0 Å². The zero-order chi connectivity index (χ0) is 20.1. The van der Waals surface area contributed by atoms with Crippen LogP contribution in [0.2, 0.25) is 0 Å². The number of imidazole rings is 1. The van der Waals surface area contributed by atoms with Crippen molar-refractivity contribution in [3.8, 4) is 6.07 Å². The first-order chi connectivity index (χ1) is 13.5. The molecule has 2 aromatic carbocycles. The lowest BCUT2D eigenvalue weighted by atomic mass is 10.1. The maximum atomic E-state index is 12.1. The molecule has 0 aliphatic heterocycles. The number of fused-ring (bicyclic) bond motifs is 1. The molecule has 3 aromatic rings. The summed E-state index contributed by atoms with van der Waals surface area (Å²) in [6.07, 6.45) is 1.94. The first kappa shape index (κ1) is 18.9. The standard InChI is InChI=1S/C22H19N3O3/c1-14-7-3-4-8-16(14)11-12-20(26)28-15(2)21(27)17(13-23)22-24-18-9-5-6-10-19(18)25-22/h3-12,15,27H,1-2H3,(H,24,25)/b12-11+,21-17-/t15-/m0/s1. The van der Waals surface area contributed by atoms with Crippen molar-refractivity contribution in [1.82, 2.24) is 9.97 Å². The SMILES string of the molecule is Cc1ccccc1/C=C/C(=O)O[C@@H](C)/C(O)=C(\C#N)c1nc2ccccc2[nH]1. The van der Waals surface area contributed by atoms with E-state index >= 15 is 0 Å². The molecule has 1 atom stereocenters. The van der Waals surface area contributed by atoms with Gasteiger partial charge in [0.25, 0.3) is 0 Å². The van der Waals surface area contributed by atoms with Gasteiger partial charge in [0.1, 0.15) is 11.6 Å². The topological polar surface area (TPSA) is 99.0 Å². The number of nitriles is 1. The summed E-state index contributed by atoms with van der Waals surface area (Å²) in [5.41, 5.74) is 3.26. The van der Waals surface area contributed by atoms with Crippen LogP contribution in [0.1, 0.15) is 23.9 Å². The highest BCUT2D eigenvalue weighted by Crippen LogP contribution is 2.21. The number of carbonyl (C=O) groups excluding carboxylic acids is 1. The first-order valence-corrected chi connectivity index (χ1v) is 8.72. The quantitative estimate of drug-likeness (QED) is 0.300. The maximum absolute atomic E-state index is 12.1. The summed E-state index contributed by atoms with van der Waals surface area (Å²) in [5.74, 6) is -0.761. The van der Waals surface area contributed by atoms with E-state index in [-0.39, 0.29) is 17.2 Å². The average molecular weight is 373 g/mol. The molecule has 0 radical (unpaired) electrons. The van der Waals surface area contributed by atoms with Crippen LogP contribution in [0.15, 0.2) is 60.4 Å². The number of ether oxygens (including phenoxy) is 1. The van der Waals surface area contributed by atoms with Crippen molar-refractivity contribution in [3.05, 3.63) is 77.3 Å². The number of hydrogen-bond acceptors (Lipinski definition) is 5. The largest absolute Gasteiger partial charge is 0.507 e. The van der Waals surface area contributed by atoms with Gasteiger partial charge in [-0.2, -0.15) is 5.26 Å². The number of aliphatic hydroxyl groups is 1. The molecule has 0 amide bonds. The Kier molecular flexibility index (Phi) is 5.56. The molecule has 1 aromatic heterocycles. The van der Waals surface area contributed by atoms with Crippen LogP contribution in [0.5, 0.6) is 0 Å². The first-order valence-electron chi connectivity index (χ1n) is 8.72. The minimum atomic E-state index is -1.00. The molecule has 3 rings (SSSR count). The number of para-hydroxylation sites is 2. The van der Waals surface area contributed by atoms with Crippen molar-refractivity contribution in [2.24, 2.45) is 0 Å². The number of aromatic amines is 1. The predicted octanol–water partition coefficient (Wildman–Crippen LogP) is 4.31. The Balaban J connectivity index is 1.77. The Morgan fingerprint density at radius 1 is 1.25 bits per heavy atom. The molecule has 0 aliphatic rings. The van der Waals surface area contributed by atoms with Crippen LogP contribution in [0, 0.1) is 18.3 Å². The fraction of sp³-hybridized carbons (Fsp3) is 0.136. The van der Waals surface area contributed by atoms with Crippen molar-refractivity contribution >= 4 is 28.7 Å². The molecular weight excluding hydrogens is 354 g/mol. The minimum absolute atomic E-state index is 0.0700. The molecule has 28 heavy (non-hydrogen) atoms. The predicted molar refractivity (Wildman–Crippen MR) is 107 cm³/mol. The fourth-order valence-corrected chi connectivity index (χ4v) is 2.71. The van der Waals surface area contributed by atoms with Gasteiger partial charge in [0, 0.05) is 6.08 Å². The van der Waals surface area contributed by atoms with Gasteiger partial charge in [-0.15, -0.1) is 0 Å². The van der Waals surface area contributed by atoms with E-state index in [4.69, 9.17) is 4.74 Å². The molecular formula is C22H19N3O3. The number of carbonyl (C=O) groups is 1. The molecule has 1 heterocycles. The molecule has 0 unspecified atom stereocenters. The second-order valence-corrected chi connectivity index (χ2v) is 6.24. The fourth-order valence-electron chi connectivity index (χ4n) is 2.71. The summed E-state index contributed by atoms with van der Waals surface area (Å²) in [6, 6.07) is 16.8. The van der Waals surface area contributed by atoms with E-state index < -0.39 is 12.1 Å². The van der Waals surface area contributed by atoms with Gasteiger partial charge in [0.2, 0.25) is 0 Å². The van der Waals surface area contributed by atoms with Crippen LogP contribution in [0.4, 0.5) is 0 Å². The Bertz CT molecular complexity index is 1090. The molecule has 0 spiro atoms. The van der Waals surface area contributed by atoms with Gasteiger partial charge in [-0.05, 0) is 43.2 Å². The Morgan fingerprint density at radius 3 is 2.68 bits per heavy atom. The molecule has 0 bridgehead atoms. The Labute approximate surface area is 162 Å². The van der Waals surface area contributed by atoms with E-state index in [1.807, 2.05) is 55.5 Å². The smallest absolute Gasteiger partial charge is 0.331 e. The van der Waals surface area contributed by atoms with E-state index in [1.54, 1.807) is 12.1 Å². The molecule has 6 heteroatoms. The molecule has 0 saturated heterocycles. The van der Waals surface area contributed by atoms with Crippen molar-refractivity contribution < 1.29 is 14.6 Å². The van der Waals surface area contributed by atoms with Gasteiger partial charge in [-0.25, -0.2) is 9.78 Å². The van der Waals surface area contributed by atoms with Crippen LogP contribution in [0.25, 0.3) is 22.7 Å². The number of nitrogens with zero attached hydrogens (tertiary/aromatic N) is 2. The Morgan fingerprint density at radius 2 is 1.96 bits per heavy atom. The third-order valence-electron chi connectivity index (χ3n) is 4.26. The van der Waals surface area contributed by atoms with Gasteiger partial charge in [-0.3, -0.25) is 0 Å². The zero-order valence-electron chi connectivity index (χ0n) is 15.5. The average Bonchev–Trinajstić information content (AvgIpc) is 3.11. The second-order valence-electron chi connectivity index (χ2n) is 6.24. The summed E-state index contributed by atoms with van der Waals surface area (Å²) >= 11 is 0. The van der Waals surface area contributed by atoms with Gasteiger partial charge in [0.05, 0.1) is 11.0 Å². The maximum Gasteiger partial charge on any atom is 0.331 e. The lowest BCUT2D eigenvalue weighted by Crippen LogP contribution is -2.17. The van der Waals surface area contributed by atoms with Crippen molar-refractivity contribution in [2.45, 2.75) is 20.0 Å². The summed E-state index contributed by atoms with van der Waals surface area (Å²) in [4.78, 5) is 19.4. The van der Waals surface area contributed by atoms with E-state index in [1.165, 1.54) is 13.0 Å². The number of hydrogen-bond donors (Lipinski definition) is 2. The van der Waals surface area contributed by atoms with Crippen molar-refractivity contribution in [2.75, 3.05) is 0 Å². The molecule has 2 N–H and O–H groups in total. The van der Waals surface area contributed by atoms with Crippen LogP contribution in [0.3, 0.4) is 0 Å². The third-order valence-corrected chi connectivity index (χ3v) is 4.26. The van der Waals surface area contributed by atoms with E-state index in [0.29, 0.717) is 5.52 Å². The molecule has 0 aliphatic carbocycles. The van der Waals surface area contributed by atoms with Gasteiger partial charge in [-0.1, -0.05) is 36.4 Å². The zero-order valence-corrected chi connectivity index (χ0v) is 15.5. The lowest BCUT2D eigenvalue weighted by Gasteiger charge is -2.12. The minimum Gasteiger partial charge on any atom is -0.507 e. The van der Waals surface area contributed by atoms with Gasteiger partial charge >= 0.3 is 5.97 Å². The van der Waals surface area contributed by atoms with Crippen LogP contribution >= 0.6 is 0 Å². The van der Waals surface area contributed by atoms with Crippen LogP contribution in [-0.4, -0.2) is 27.1 Å². The highest BCUT2D eigenvalue weighted by atomic mass is 16.5. The molecule has 140 valence electrons. The van der Waals surface area contributed by atoms with E-state index in [9.17, 15) is 15.2 Å². The second kappa shape index (κ2) is 8.23. The van der Waals surface area contributed by atoms with E-state index in [2.05, 4.69) is 9.97 Å². The number of nitrogens with one attached hydrogen (secondary N) is 1. The molecule has 0 saturated carbocycles. The highest BCUT2D eigenvalue weighted by molar-refractivity contribution is 5.88. The number of benzene rings is 2. The lowest BCUT2D eigenvalue weighted by molar-refractivity contribution is -0.141. The monoisotopic (exact) mass is 373 g/mol. The van der Waals surface area contributed by atoms with E-state index in [0.717, 1.165) is 16.6 Å². The van der Waals surface area contributed by atoms with Gasteiger partial charge in [0.15, 0.2) is 17.7 Å². The van der Waals surface area contributed by atoms with Crippen LogP contribution < -0.4 is 0 Å². The Hall–Kier alpha value is -3.85. The number of esters is 1. The summed E-state index contributed by atoms with van der Waals surface area (Å²) in [6.45, 7) is 3.43. The molecule has 6 nitrogen and oxygen atoms in total. The summed E-state index contributed by atoms with van der Waals surface area (Å²) in [7, 11) is 0. The number of aliphatic hydroxyl groups excluding tert-OH is 1. The number of aryl methyl sites for hydroxylation is 1. The molecule has 0 fully saturated rings. The van der Waals surface area contributed by atoms with Crippen molar-refractivity contribution in [1.29, 1.82) is 5.26 Å². The number of allylic oxidation sites excluding steroid dienone is 1. The summed E-state index contributed by atoms with van der Waals surface area (Å²) in [5, 5.41) is 19.9. The van der Waals surface area contributed by atoms with Gasteiger partial charge < -0.3 is 14.8 Å². The number of rotatable bonds is 5. The highest BCUT2D eigenvalue weighted by Gasteiger charge is 2.20. The normalized spacial score (nSPS) is 13.2. The third kappa shape index (κ3) is 4.10.